The fourth-order valence-corrected chi connectivity index (χ4v) is 8.14. The van der Waals surface area contributed by atoms with Crippen LogP contribution in [0.1, 0.15) is 83.6 Å². The molecule has 0 saturated heterocycles. The first kappa shape index (κ1) is 23.4. The molecule has 0 heterocycles. The van der Waals surface area contributed by atoms with Crippen LogP contribution in [-0.2, 0) is 14.3 Å². The summed E-state index contributed by atoms with van der Waals surface area (Å²) in [5.74, 6) is 1.45. The highest BCUT2D eigenvalue weighted by Gasteiger charge is 2.64. The molecule has 0 spiro atoms. The molecule has 0 aliphatic heterocycles. The quantitative estimate of drug-likeness (QED) is 0.489. The summed E-state index contributed by atoms with van der Waals surface area (Å²) in [6, 6.07) is 9.05. The molecule has 0 aromatic heterocycles. The van der Waals surface area contributed by atoms with Gasteiger partial charge in [0.1, 0.15) is 5.60 Å². The highest BCUT2D eigenvalue weighted by molar-refractivity contribution is 5.93. The number of carbonyl (C=O) groups is 2. The van der Waals surface area contributed by atoms with E-state index in [0.29, 0.717) is 24.2 Å². The van der Waals surface area contributed by atoms with Crippen LogP contribution in [0, 0.1) is 17.3 Å². The van der Waals surface area contributed by atoms with Crippen molar-refractivity contribution >= 4 is 17.4 Å². The number of ether oxygens (including phenoxy) is 1. The molecule has 2 fully saturated rings. The molecule has 34 heavy (non-hydrogen) atoms. The number of hydrogen-bond donors (Lipinski definition) is 0. The van der Waals surface area contributed by atoms with Crippen molar-refractivity contribution in [2.75, 3.05) is 19.0 Å². The van der Waals surface area contributed by atoms with Gasteiger partial charge in [-0.25, -0.2) is 0 Å². The lowest BCUT2D eigenvalue weighted by Crippen LogP contribution is -2.53. The molecule has 4 nitrogen and oxygen atoms in total. The third-order valence-electron chi connectivity index (χ3n) is 9.75. The van der Waals surface area contributed by atoms with Gasteiger partial charge >= 0.3 is 5.97 Å². The van der Waals surface area contributed by atoms with Crippen LogP contribution in [0.25, 0.3) is 0 Å². The van der Waals surface area contributed by atoms with Crippen molar-refractivity contribution in [3.05, 3.63) is 52.6 Å². The Hall–Kier alpha value is -2.36. The Kier molecular flexibility index (Phi) is 5.77. The SMILES string of the molecule is CCC1(OC(C)=O)CCC2C3CCC4=CC(=O)CCC4=C3C(c3ccc(N(C)C)cc3)CC21C. The Morgan fingerprint density at radius 2 is 1.85 bits per heavy atom. The van der Waals surface area contributed by atoms with Gasteiger partial charge in [0.25, 0.3) is 0 Å². The van der Waals surface area contributed by atoms with Crippen molar-refractivity contribution in [2.24, 2.45) is 17.3 Å². The molecule has 4 heteroatoms. The topological polar surface area (TPSA) is 46.6 Å². The second kappa shape index (κ2) is 8.39. The highest BCUT2D eigenvalue weighted by Crippen LogP contribution is 2.68. The number of fused-ring (bicyclic) bond motifs is 4. The summed E-state index contributed by atoms with van der Waals surface area (Å²) in [5.41, 5.74) is 6.48. The molecule has 1 aromatic carbocycles. The van der Waals surface area contributed by atoms with Gasteiger partial charge in [0.2, 0.25) is 0 Å². The van der Waals surface area contributed by atoms with E-state index in [-0.39, 0.29) is 22.8 Å². The number of hydrogen-bond acceptors (Lipinski definition) is 4. The number of ketones is 1. The van der Waals surface area contributed by atoms with E-state index in [1.165, 1.54) is 22.4 Å². The van der Waals surface area contributed by atoms with Crippen LogP contribution in [0.5, 0.6) is 0 Å². The summed E-state index contributed by atoms with van der Waals surface area (Å²) in [7, 11) is 4.15. The smallest absolute Gasteiger partial charge is 0.303 e. The van der Waals surface area contributed by atoms with E-state index in [1.807, 2.05) is 6.08 Å². The zero-order valence-electron chi connectivity index (χ0n) is 21.4. The molecule has 0 bridgehead atoms. The largest absolute Gasteiger partial charge is 0.459 e. The molecule has 1 aromatic rings. The second-order valence-corrected chi connectivity index (χ2v) is 11.5. The number of nitrogens with zero attached hydrogens (tertiary/aromatic N) is 1. The van der Waals surface area contributed by atoms with E-state index in [4.69, 9.17) is 4.74 Å². The Labute approximate surface area is 204 Å². The van der Waals surface area contributed by atoms with Crippen molar-refractivity contribution in [3.63, 3.8) is 0 Å². The molecule has 5 unspecified atom stereocenters. The summed E-state index contributed by atoms with van der Waals surface area (Å²) < 4.78 is 6.24. The van der Waals surface area contributed by atoms with Crippen LogP contribution in [0.3, 0.4) is 0 Å². The zero-order valence-corrected chi connectivity index (χ0v) is 21.4. The van der Waals surface area contributed by atoms with Crippen LogP contribution in [0.15, 0.2) is 47.1 Å². The maximum absolute atomic E-state index is 12.3. The summed E-state index contributed by atoms with van der Waals surface area (Å²) >= 11 is 0. The van der Waals surface area contributed by atoms with Crippen molar-refractivity contribution < 1.29 is 14.3 Å². The lowest BCUT2D eigenvalue weighted by atomic mass is 9.51. The number of benzene rings is 1. The predicted octanol–water partition coefficient (Wildman–Crippen LogP) is 6.36. The number of anilines is 1. The third-order valence-corrected chi connectivity index (χ3v) is 9.75. The fourth-order valence-electron chi connectivity index (χ4n) is 8.14. The van der Waals surface area contributed by atoms with Gasteiger partial charge in [-0.05, 0) is 91.7 Å². The van der Waals surface area contributed by atoms with Crippen molar-refractivity contribution in [1.29, 1.82) is 0 Å². The molecule has 0 N–H and O–H groups in total. The lowest BCUT2D eigenvalue weighted by Gasteiger charge is -2.55. The van der Waals surface area contributed by atoms with Crippen LogP contribution < -0.4 is 4.90 Å². The standard InChI is InChI=1S/C30H39NO3/c1-6-30(34-19(2)32)16-15-27-25-13-9-21-17-23(33)12-14-24(21)28(25)26(18-29(27,30)3)20-7-10-22(11-8-20)31(4)5/h7-8,10-11,17,25-27H,6,9,12-16,18H2,1-5H3. The van der Waals surface area contributed by atoms with E-state index >= 15 is 0 Å². The van der Waals surface area contributed by atoms with Gasteiger partial charge in [0.05, 0.1) is 0 Å². The summed E-state index contributed by atoms with van der Waals surface area (Å²) in [4.78, 5) is 26.6. The monoisotopic (exact) mass is 461 g/mol. The van der Waals surface area contributed by atoms with Gasteiger partial charge in [-0.2, -0.15) is 0 Å². The van der Waals surface area contributed by atoms with E-state index in [2.05, 4.69) is 57.1 Å². The Bertz CT molecular complexity index is 1070. The molecule has 2 saturated carbocycles. The van der Waals surface area contributed by atoms with Crippen LogP contribution in [-0.4, -0.2) is 31.4 Å². The van der Waals surface area contributed by atoms with E-state index in [9.17, 15) is 9.59 Å². The van der Waals surface area contributed by atoms with E-state index in [0.717, 1.165) is 44.9 Å². The molecule has 4 aliphatic rings. The first-order chi connectivity index (χ1) is 16.2. The van der Waals surface area contributed by atoms with Crippen molar-refractivity contribution in [3.8, 4) is 0 Å². The lowest BCUT2D eigenvalue weighted by molar-refractivity contribution is -0.177. The molecular formula is C30H39NO3. The molecular weight excluding hydrogens is 422 g/mol. The van der Waals surface area contributed by atoms with Gasteiger partial charge in [-0.1, -0.05) is 31.6 Å². The van der Waals surface area contributed by atoms with Gasteiger partial charge in [0.15, 0.2) is 5.78 Å². The maximum atomic E-state index is 12.3. The summed E-state index contributed by atoms with van der Waals surface area (Å²) in [6.07, 6.45) is 9.49. The van der Waals surface area contributed by atoms with Gasteiger partial charge in [-0.15, -0.1) is 0 Å². The van der Waals surface area contributed by atoms with Crippen LogP contribution in [0.2, 0.25) is 0 Å². The van der Waals surface area contributed by atoms with Crippen molar-refractivity contribution in [1.82, 2.24) is 0 Å². The van der Waals surface area contributed by atoms with Crippen molar-refractivity contribution in [2.45, 2.75) is 83.7 Å². The van der Waals surface area contributed by atoms with Crippen LogP contribution >= 0.6 is 0 Å². The molecule has 4 aliphatic carbocycles. The molecule has 0 amide bonds. The number of rotatable bonds is 4. The number of esters is 1. The minimum atomic E-state index is -0.389. The maximum Gasteiger partial charge on any atom is 0.303 e. The Morgan fingerprint density at radius 1 is 1.12 bits per heavy atom. The zero-order chi connectivity index (χ0) is 24.3. The molecule has 182 valence electrons. The Balaban J connectivity index is 1.66. The minimum absolute atomic E-state index is 0.0568. The predicted molar refractivity (Wildman–Crippen MR) is 136 cm³/mol. The second-order valence-electron chi connectivity index (χ2n) is 11.5. The fraction of sp³-hybridized carbons (Fsp3) is 0.600. The van der Waals surface area contributed by atoms with Gasteiger partial charge in [0, 0.05) is 44.5 Å². The molecule has 0 radical (unpaired) electrons. The number of allylic oxidation sites excluding steroid dienone is 4. The van der Waals surface area contributed by atoms with E-state index in [1.54, 1.807) is 12.5 Å². The highest BCUT2D eigenvalue weighted by atomic mass is 16.6. The first-order valence-electron chi connectivity index (χ1n) is 13.1. The average Bonchev–Trinajstić information content (AvgIpc) is 3.09. The van der Waals surface area contributed by atoms with Gasteiger partial charge in [-0.3, -0.25) is 9.59 Å². The third kappa shape index (κ3) is 3.48. The molecule has 5 atom stereocenters. The minimum Gasteiger partial charge on any atom is -0.459 e. The summed E-state index contributed by atoms with van der Waals surface area (Å²) in [6.45, 7) is 6.17. The average molecular weight is 462 g/mol. The first-order valence-corrected chi connectivity index (χ1v) is 13.1. The summed E-state index contributed by atoms with van der Waals surface area (Å²) in [5, 5.41) is 0. The van der Waals surface area contributed by atoms with Gasteiger partial charge < -0.3 is 9.64 Å². The van der Waals surface area contributed by atoms with Crippen LogP contribution in [0.4, 0.5) is 5.69 Å². The normalized spacial score (nSPS) is 34.7. The number of carbonyl (C=O) groups excluding carboxylic acids is 2. The van der Waals surface area contributed by atoms with E-state index < -0.39 is 0 Å². The molecule has 5 rings (SSSR count). The Morgan fingerprint density at radius 3 is 2.50 bits per heavy atom.